The zero-order chi connectivity index (χ0) is 20.4. The SMILES string of the molecule is CN(C)[C@@H]1CCN(c2nc3ccc(NC(=O)C=Cc4cccc(Cl)c4)cc3s2)C1. The van der Waals surface area contributed by atoms with Crippen molar-refractivity contribution >= 4 is 56.0 Å². The maximum Gasteiger partial charge on any atom is 0.248 e. The molecular weight excluding hydrogens is 404 g/mol. The average Bonchev–Trinajstić information content (AvgIpc) is 3.33. The van der Waals surface area contributed by atoms with Gasteiger partial charge in [0.1, 0.15) is 0 Å². The molecular formula is C22H23ClN4OS. The summed E-state index contributed by atoms with van der Waals surface area (Å²) < 4.78 is 1.07. The summed E-state index contributed by atoms with van der Waals surface area (Å²) in [7, 11) is 4.25. The molecule has 0 unspecified atom stereocenters. The molecule has 4 rings (SSSR count). The van der Waals surface area contributed by atoms with Crippen LogP contribution in [0.5, 0.6) is 0 Å². The number of hydrogen-bond acceptors (Lipinski definition) is 5. The van der Waals surface area contributed by atoms with Gasteiger partial charge in [-0.1, -0.05) is 35.1 Å². The summed E-state index contributed by atoms with van der Waals surface area (Å²) in [5.41, 5.74) is 2.61. The summed E-state index contributed by atoms with van der Waals surface area (Å²) in [6, 6.07) is 13.8. The Morgan fingerprint density at radius 3 is 2.93 bits per heavy atom. The number of thiazole rings is 1. The second-order valence-electron chi connectivity index (χ2n) is 7.41. The summed E-state index contributed by atoms with van der Waals surface area (Å²) in [4.78, 5) is 21.7. The standard InChI is InChI=1S/C22H23ClN4OS/c1-26(2)18-10-11-27(14-18)22-25-19-8-7-17(13-20(19)29-22)24-21(28)9-6-15-4-3-5-16(23)12-15/h3-9,12-13,18H,10-11,14H2,1-2H3,(H,24,28)/t18-/m1/s1. The number of amides is 1. The van der Waals surface area contributed by atoms with Crippen LogP contribution in [0.3, 0.4) is 0 Å². The van der Waals surface area contributed by atoms with E-state index in [0.29, 0.717) is 11.1 Å². The van der Waals surface area contributed by atoms with E-state index >= 15 is 0 Å². The van der Waals surface area contributed by atoms with Crippen molar-refractivity contribution in [2.45, 2.75) is 12.5 Å². The van der Waals surface area contributed by atoms with Crippen LogP contribution in [0, 0.1) is 0 Å². The molecule has 3 aromatic rings. The predicted molar refractivity (Wildman–Crippen MR) is 123 cm³/mol. The van der Waals surface area contributed by atoms with Gasteiger partial charge in [-0.2, -0.15) is 0 Å². The molecule has 0 aliphatic carbocycles. The first-order valence-corrected chi connectivity index (χ1v) is 10.7. The number of rotatable bonds is 5. The minimum atomic E-state index is -0.178. The highest BCUT2D eigenvalue weighted by Gasteiger charge is 2.26. The van der Waals surface area contributed by atoms with Gasteiger partial charge in [0.25, 0.3) is 0 Å². The highest BCUT2D eigenvalue weighted by Crippen LogP contribution is 2.33. The lowest BCUT2D eigenvalue weighted by Crippen LogP contribution is -2.31. The van der Waals surface area contributed by atoms with Gasteiger partial charge in [0.15, 0.2) is 5.13 Å². The number of nitrogens with one attached hydrogen (secondary N) is 1. The van der Waals surface area contributed by atoms with E-state index in [1.807, 2.05) is 36.4 Å². The molecule has 1 aromatic heterocycles. The minimum Gasteiger partial charge on any atom is -0.346 e. The Hall–Kier alpha value is -2.41. The van der Waals surface area contributed by atoms with Crippen LogP contribution in [0.1, 0.15) is 12.0 Å². The molecule has 29 heavy (non-hydrogen) atoms. The Morgan fingerprint density at radius 2 is 2.17 bits per heavy atom. The largest absolute Gasteiger partial charge is 0.346 e. The fourth-order valence-corrected chi connectivity index (χ4v) is 4.67. The first kappa shape index (κ1) is 19.9. The molecule has 0 bridgehead atoms. The van der Waals surface area contributed by atoms with E-state index in [4.69, 9.17) is 16.6 Å². The normalized spacial score (nSPS) is 17.0. The van der Waals surface area contributed by atoms with Gasteiger partial charge in [0, 0.05) is 35.9 Å². The van der Waals surface area contributed by atoms with Gasteiger partial charge in [0.05, 0.1) is 10.2 Å². The van der Waals surface area contributed by atoms with E-state index in [9.17, 15) is 4.79 Å². The molecule has 7 heteroatoms. The van der Waals surface area contributed by atoms with E-state index in [1.165, 1.54) is 6.08 Å². The zero-order valence-electron chi connectivity index (χ0n) is 16.4. The first-order chi connectivity index (χ1) is 14.0. The van der Waals surface area contributed by atoms with Crippen molar-refractivity contribution < 1.29 is 4.79 Å². The summed E-state index contributed by atoms with van der Waals surface area (Å²) in [5.74, 6) is -0.178. The molecule has 1 saturated heterocycles. The van der Waals surface area contributed by atoms with Gasteiger partial charge < -0.3 is 15.1 Å². The van der Waals surface area contributed by atoms with Crippen LogP contribution in [0.4, 0.5) is 10.8 Å². The predicted octanol–water partition coefficient (Wildman–Crippen LogP) is 4.74. The summed E-state index contributed by atoms with van der Waals surface area (Å²) in [6.07, 6.45) is 4.42. The molecule has 0 saturated carbocycles. The second kappa shape index (κ2) is 8.53. The summed E-state index contributed by atoms with van der Waals surface area (Å²) in [6.45, 7) is 2.03. The van der Waals surface area contributed by atoms with Gasteiger partial charge in [-0.05, 0) is 62.5 Å². The van der Waals surface area contributed by atoms with E-state index in [-0.39, 0.29) is 5.91 Å². The fraction of sp³-hybridized carbons (Fsp3) is 0.273. The smallest absolute Gasteiger partial charge is 0.248 e. The van der Waals surface area contributed by atoms with Crippen molar-refractivity contribution in [1.82, 2.24) is 9.88 Å². The lowest BCUT2D eigenvalue weighted by molar-refractivity contribution is -0.111. The van der Waals surface area contributed by atoms with Crippen LogP contribution < -0.4 is 10.2 Å². The first-order valence-electron chi connectivity index (χ1n) is 9.54. The quantitative estimate of drug-likeness (QED) is 0.598. The number of halogens is 1. The number of anilines is 2. The van der Waals surface area contributed by atoms with E-state index in [1.54, 1.807) is 23.5 Å². The Kier molecular flexibility index (Phi) is 5.85. The maximum atomic E-state index is 12.3. The van der Waals surface area contributed by atoms with Gasteiger partial charge >= 0.3 is 0 Å². The number of nitrogens with zero attached hydrogens (tertiary/aromatic N) is 3. The maximum absolute atomic E-state index is 12.3. The van der Waals surface area contributed by atoms with Crippen LogP contribution in [-0.4, -0.2) is 49.0 Å². The molecule has 0 radical (unpaired) electrons. The number of fused-ring (bicyclic) bond motifs is 1. The van der Waals surface area contributed by atoms with E-state index in [2.05, 4.69) is 29.2 Å². The molecule has 2 aromatic carbocycles. The van der Waals surface area contributed by atoms with Crippen molar-refractivity contribution in [2.75, 3.05) is 37.4 Å². The minimum absolute atomic E-state index is 0.178. The summed E-state index contributed by atoms with van der Waals surface area (Å²) in [5, 5.41) is 4.62. The number of benzene rings is 2. The molecule has 5 nitrogen and oxygen atoms in total. The Bertz CT molecular complexity index is 1060. The molecule has 150 valence electrons. The van der Waals surface area contributed by atoms with E-state index in [0.717, 1.165) is 46.1 Å². The number of aromatic nitrogens is 1. The zero-order valence-corrected chi connectivity index (χ0v) is 18.0. The van der Waals surface area contributed by atoms with Crippen LogP contribution >= 0.6 is 22.9 Å². The molecule has 1 fully saturated rings. The number of carbonyl (C=O) groups excluding carboxylic acids is 1. The third kappa shape index (κ3) is 4.78. The molecule has 1 N–H and O–H groups in total. The fourth-order valence-electron chi connectivity index (χ4n) is 3.43. The molecule has 1 atom stereocenters. The second-order valence-corrected chi connectivity index (χ2v) is 8.85. The summed E-state index contributed by atoms with van der Waals surface area (Å²) >= 11 is 7.65. The Morgan fingerprint density at radius 1 is 1.31 bits per heavy atom. The lowest BCUT2D eigenvalue weighted by Gasteiger charge is -2.19. The number of carbonyl (C=O) groups is 1. The Balaban J connectivity index is 1.44. The Labute approximate surface area is 179 Å². The average molecular weight is 427 g/mol. The van der Waals surface area contributed by atoms with Gasteiger partial charge in [-0.15, -0.1) is 0 Å². The molecule has 1 aliphatic rings. The highest BCUT2D eigenvalue weighted by atomic mass is 35.5. The topological polar surface area (TPSA) is 48.5 Å². The van der Waals surface area contributed by atoms with Gasteiger partial charge in [-0.25, -0.2) is 4.98 Å². The highest BCUT2D eigenvalue weighted by molar-refractivity contribution is 7.22. The third-order valence-electron chi connectivity index (χ3n) is 5.08. The van der Waals surface area contributed by atoms with Crippen LogP contribution in [0.15, 0.2) is 48.5 Å². The van der Waals surface area contributed by atoms with Gasteiger partial charge in [-0.3, -0.25) is 4.79 Å². The van der Waals surface area contributed by atoms with Crippen molar-refractivity contribution in [3.05, 3.63) is 59.1 Å². The van der Waals surface area contributed by atoms with Crippen LogP contribution in [0.25, 0.3) is 16.3 Å². The van der Waals surface area contributed by atoms with Crippen LogP contribution in [0.2, 0.25) is 5.02 Å². The molecule has 0 spiro atoms. The van der Waals surface area contributed by atoms with Crippen molar-refractivity contribution in [3.8, 4) is 0 Å². The van der Waals surface area contributed by atoms with E-state index < -0.39 is 0 Å². The monoisotopic (exact) mass is 426 g/mol. The number of likely N-dealkylation sites (N-methyl/N-ethyl adjacent to an activating group) is 1. The third-order valence-corrected chi connectivity index (χ3v) is 6.40. The lowest BCUT2D eigenvalue weighted by atomic mass is 10.2. The van der Waals surface area contributed by atoms with Gasteiger partial charge in [0.2, 0.25) is 5.91 Å². The molecule has 2 heterocycles. The molecule has 1 amide bonds. The van der Waals surface area contributed by atoms with Crippen molar-refractivity contribution in [2.24, 2.45) is 0 Å². The van der Waals surface area contributed by atoms with Crippen molar-refractivity contribution in [3.63, 3.8) is 0 Å². The van der Waals surface area contributed by atoms with Crippen molar-refractivity contribution in [1.29, 1.82) is 0 Å². The number of hydrogen-bond donors (Lipinski definition) is 1. The molecule has 1 aliphatic heterocycles. The van der Waals surface area contributed by atoms with Crippen LogP contribution in [-0.2, 0) is 4.79 Å².